The summed E-state index contributed by atoms with van der Waals surface area (Å²) < 4.78 is 27.6. The van der Waals surface area contributed by atoms with Gasteiger partial charge in [0.1, 0.15) is 0 Å². The van der Waals surface area contributed by atoms with Crippen LogP contribution in [-0.4, -0.2) is 38.3 Å². The van der Waals surface area contributed by atoms with Crippen molar-refractivity contribution in [3.05, 3.63) is 29.3 Å². The zero-order valence-corrected chi connectivity index (χ0v) is 16.7. The summed E-state index contributed by atoms with van der Waals surface area (Å²) in [7, 11) is -3.57. The fourth-order valence-corrected chi connectivity index (χ4v) is 4.83. The second kappa shape index (κ2) is 7.46. The van der Waals surface area contributed by atoms with Crippen LogP contribution in [0, 0.1) is 25.2 Å². The number of aryl methyl sites for hydroxylation is 2. The lowest BCUT2D eigenvalue weighted by molar-refractivity contribution is -0.126. The van der Waals surface area contributed by atoms with Crippen LogP contribution in [0.15, 0.2) is 23.1 Å². The molecule has 140 valence electrons. The quantitative estimate of drug-likeness (QED) is 0.891. The van der Waals surface area contributed by atoms with Gasteiger partial charge >= 0.3 is 0 Å². The molecule has 1 aliphatic heterocycles. The molecule has 0 radical (unpaired) electrons. The third-order valence-electron chi connectivity index (χ3n) is 4.51. The molecule has 0 aromatic heterocycles. The van der Waals surface area contributed by atoms with E-state index in [1.165, 1.54) is 4.31 Å². The number of hydrogen-bond acceptors (Lipinski definition) is 3. The van der Waals surface area contributed by atoms with Crippen molar-refractivity contribution in [1.82, 2.24) is 9.62 Å². The van der Waals surface area contributed by atoms with Crippen LogP contribution in [-0.2, 0) is 14.8 Å². The Balaban J connectivity index is 2.14. The number of hydrogen-bond donors (Lipinski definition) is 1. The van der Waals surface area contributed by atoms with Crippen molar-refractivity contribution in [2.75, 3.05) is 19.6 Å². The van der Waals surface area contributed by atoms with Crippen molar-refractivity contribution >= 4 is 15.9 Å². The summed E-state index contributed by atoms with van der Waals surface area (Å²) in [5.41, 5.74) is 1.67. The maximum Gasteiger partial charge on any atom is 0.243 e. The molecule has 0 spiro atoms. The van der Waals surface area contributed by atoms with Crippen molar-refractivity contribution in [3.63, 3.8) is 0 Å². The molecular weight excluding hydrogens is 336 g/mol. The van der Waals surface area contributed by atoms with Crippen molar-refractivity contribution < 1.29 is 13.2 Å². The van der Waals surface area contributed by atoms with Gasteiger partial charge in [-0.05, 0) is 49.3 Å². The zero-order chi connectivity index (χ0) is 18.8. The maximum atomic E-state index is 13.0. The van der Waals surface area contributed by atoms with Crippen LogP contribution in [0.25, 0.3) is 0 Å². The molecule has 1 saturated heterocycles. The number of sulfonamides is 1. The van der Waals surface area contributed by atoms with Gasteiger partial charge in [-0.2, -0.15) is 4.31 Å². The van der Waals surface area contributed by atoms with Gasteiger partial charge in [0.25, 0.3) is 0 Å². The largest absolute Gasteiger partial charge is 0.355 e. The predicted octanol–water partition coefficient (Wildman–Crippen LogP) is 2.87. The summed E-state index contributed by atoms with van der Waals surface area (Å²) in [6, 6.07) is 5.46. The fourth-order valence-electron chi connectivity index (χ4n) is 3.00. The first-order chi connectivity index (χ1) is 11.5. The molecule has 0 bridgehead atoms. The molecule has 1 aromatic rings. The van der Waals surface area contributed by atoms with Gasteiger partial charge in [-0.3, -0.25) is 4.79 Å². The summed E-state index contributed by atoms with van der Waals surface area (Å²) >= 11 is 0. The van der Waals surface area contributed by atoms with E-state index >= 15 is 0 Å². The average Bonchev–Trinajstić information content (AvgIpc) is 2.54. The molecule has 25 heavy (non-hydrogen) atoms. The predicted molar refractivity (Wildman–Crippen MR) is 99.9 cm³/mol. The Morgan fingerprint density at radius 2 is 1.96 bits per heavy atom. The van der Waals surface area contributed by atoms with Gasteiger partial charge in [-0.25, -0.2) is 8.42 Å². The summed E-state index contributed by atoms with van der Waals surface area (Å²) in [5, 5.41) is 2.96. The Bertz CT molecular complexity index is 736. The highest BCUT2D eigenvalue weighted by Crippen LogP contribution is 2.26. The first kappa shape index (κ1) is 19.9. The fraction of sp³-hybridized carbons (Fsp3) is 0.632. The number of carbonyl (C=O) groups is 1. The molecular formula is C19H30N2O3S. The van der Waals surface area contributed by atoms with E-state index in [4.69, 9.17) is 0 Å². The summed E-state index contributed by atoms with van der Waals surface area (Å²) in [6.07, 6.45) is 1.44. The lowest BCUT2D eigenvalue weighted by Gasteiger charge is -2.32. The standard InChI is InChI=1S/C19H30N2O3S/c1-14-8-9-15(2)17(11-14)25(23,24)21-10-6-7-16(12-21)18(22)20-13-19(3,4)5/h8-9,11,16H,6-7,10,12-13H2,1-5H3,(H,20,22)/t16-/m1/s1. The van der Waals surface area contributed by atoms with Gasteiger partial charge in [0, 0.05) is 19.6 Å². The van der Waals surface area contributed by atoms with E-state index in [1.54, 1.807) is 6.07 Å². The van der Waals surface area contributed by atoms with Crippen LogP contribution in [0.2, 0.25) is 0 Å². The minimum atomic E-state index is -3.57. The molecule has 5 nitrogen and oxygen atoms in total. The van der Waals surface area contributed by atoms with Crippen LogP contribution >= 0.6 is 0 Å². The topological polar surface area (TPSA) is 66.5 Å². The van der Waals surface area contributed by atoms with E-state index in [0.29, 0.717) is 24.4 Å². The smallest absolute Gasteiger partial charge is 0.243 e. The van der Waals surface area contributed by atoms with Crippen molar-refractivity contribution in [2.45, 2.75) is 52.4 Å². The van der Waals surface area contributed by atoms with Crippen LogP contribution < -0.4 is 5.32 Å². The maximum absolute atomic E-state index is 13.0. The molecule has 1 fully saturated rings. The Morgan fingerprint density at radius 3 is 2.60 bits per heavy atom. The minimum absolute atomic E-state index is 0.00870. The molecule has 2 rings (SSSR count). The Labute approximate surface area is 151 Å². The first-order valence-electron chi connectivity index (χ1n) is 8.86. The number of rotatable bonds is 4. The minimum Gasteiger partial charge on any atom is -0.355 e. The van der Waals surface area contributed by atoms with Gasteiger partial charge < -0.3 is 5.32 Å². The monoisotopic (exact) mass is 366 g/mol. The van der Waals surface area contributed by atoms with Crippen molar-refractivity contribution in [3.8, 4) is 0 Å². The molecule has 1 aliphatic rings. The number of nitrogens with one attached hydrogen (secondary N) is 1. The number of nitrogens with zero attached hydrogens (tertiary/aromatic N) is 1. The zero-order valence-electron chi connectivity index (χ0n) is 15.9. The average molecular weight is 367 g/mol. The van der Waals surface area contributed by atoms with Crippen molar-refractivity contribution in [1.29, 1.82) is 0 Å². The van der Waals surface area contributed by atoms with Crippen LogP contribution in [0.4, 0.5) is 0 Å². The van der Waals surface area contributed by atoms with Crippen LogP contribution in [0.3, 0.4) is 0 Å². The lowest BCUT2D eigenvalue weighted by atomic mass is 9.95. The number of benzene rings is 1. The Kier molecular flexibility index (Phi) is 5.94. The van der Waals surface area contributed by atoms with Crippen LogP contribution in [0.1, 0.15) is 44.7 Å². The van der Waals surface area contributed by atoms with Crippen LogP contribution in [0.5, 0.6) is 0 Å². The Morgan fingerprint density at radius 1 is 1.28 bits per heavy atom. The van der Waals surface area contributed by atoms with Gasteiger partial charge in [0.15, 0.2) is 0 Å². The van der Waals surface area contributed by atoms with E-state index in [2.05, 4.69) is 26.1 Å². The van der Waals surface area contributed by atoms with Gasteiger partial charge in [0.05, 0.1) is 10.8 Å². The van der Waals surface area contributed by atoms with Gasteiger partial charge in [0.2, 0.25) is 15.9 Å². The summed E-state index contributed by atoms with van der Waals surface area (Å²) in [6.45, 7) is 11.2. The van der Waals surface area contributed by atoms with E-state index in [-0.39, 0.29) is 23.8 Å². The second-order valence-corrected chi connectivity index (χ2v) is 10.2. The molecule has 6 heteroatoms. The molecule has 0 aliphatic carbocycles. The summed E-state index contributed by atoms with van der Waals surface area (Å²) in [5.74, 6) is -0.327. The van der Waals surface area contributed by atoms with Gasteiger partial charge in [-0.15, -0.1) is 0 Å². The third kappa shape index (κ3) is 5.05. The molecule has 0 saturated carbocycles. The highest BCUT2D eigenvalue weighted by atomic mass is 32.2. The normalized spacial score (nSPS) is 19.6. The molecule has 0 unspecified atom stereocenters. The number of amides is 1. The van der Waals surface area contributed by atoms with E-state index in [9.17, 15) is 13.2 Å². The summed E-state index contributed by atoms with van der Waals surface area (Å²) in [4.78, 5) is 12.8. The first-order valence-corrected chi connectivity index (χ1v) is 10.3. The second-order valence-electron chi connectivity index (χ2n) is 8.25. The highest BCUT2D eigenvalue weighted by molar-refractivity contribution is 7.89. The molecule has 1 N–H and O–H groups in total. The van der Waals surface area contributed by atoms with E-state index in [1.807, 2.05) is 26.0 Å². The third-order valence-corrected chi connectivity index (χ3v) is 6.52. The molecule has 1 amide bonds. The van der Waals surface area contributed by atoms with E-state index in [0.717, 1.165) is 17.5 Å². The molecule has 1 atom stereocenters. The highest BCUT2D eigenvalue weighted by Gasteiger charge is 2.34. The van der Waals surface area contributed by atoms with Gasteiger partial charge in [-0.1, -0.05) is 32.9 Å². The Hall–Kier alpha value is -1.40. The molecule has 1 aromatic carbocycles. The molecule has 1 heterocycles. The van der Waals surface area contributed by atoms with Crippen molar-refractivity contribution in [2.24, 2.45) is 11.3 Å². The lowest BCUT2D eigenvalue weighted by Crippen LogP contribution is -2.46. The number of carbonyl (C=O) groups excluding carboxylic acids is 1. The number of piperidine rings is 1. The SMILES string of the molecule is Cc1ccc(C)c(S(=O)(=O)N2CCC[C@@H](C(=O)NCC(C)(C)C)C2)c1. The van der Waals surface area contributed by atoms with E-state index < -0.39 is 10.0 Å².